The number of carbonyl (C=O) groups excluding carboxylic acids is 1. The van der Waals surface area contributed by atoms with Crippen LogP contribution in [0.1, 0.15) is 36.7 Å². The molecule has 0 atom stereocenters. The van der Waals surface area contributed by atoms with Gasteiger partial charge >= 0.3 is 0 Å². The number of ether oxygens (including phenoxy) is 1. The number of nitrogens with one attached hydrogen (secondary N) is 1. The highest BCUT2D eigenvalue weighted by atomic mass is 32.2. The van der Waals surface area contributed by atoms with Crippen molar-refractivity contribution in [3.63, 3.8) is 0 Å². The van der Waals surface area contributed by atoms with E-state index in [0.29, 0.717) is 31.7 Å². The van der Waals surface area contributed by atoms with Gasteiger partial charge in [-0.1, -0.05) is 45.0 Å². The molecular weight excluding hydrogens is 426 g/mol. The molecule has 2 aromatic rings. The highest BCUT2D eigenvalue weighted by molar-refractivity contribution is 7.89. The maximum absolute atomic E-state index is 12.8. The number of benzene rings is 2. The molecule has 1 amide bonds. The highest BCUT2D eigenvalue weighted by Gasteiger charge is 2.27. The van der Waals surface area contributed by atoms with Crippen molar-refractivity contribution in [3.8, 4) is 5.75 Å². The van der Waals surface area contributed by atoms with Crippen LogP contribution in [0.5, 0.6) is 5.75 Å². The minimum atomic E-state index is -3.45. The number of carbonyl (C=O) groups is 1. The van der Waals surface area contributed by atoms with E-state index in [2.05, 4.69) is 31.0 Å². The molecule has 1 fully saturated rings. The molecule has 1 N–H and O–H groups in total. The Morgan fingerprint density at radius 3 is 2.22 bits per heavy atom. The molecule has 8 heteroatoms. The molecule has 174 valence electrons. The van der Waals surface area contributed by atoms with E-state index >= 15 is 0 Å². The van der Waals surface area contributed by atoms with Gasteiger partial charge in [0.25, 0.3) is 5.91 Å². The summed E-state index contributed by atoms with van der Waals surface area (Å²) in [6.07, 6.45) is 0. The van der Waals surface area contributed by atoms with E-state index in [0.717, 1.165) is 17.0 Å². The summed E-state index contributed by atoms with van der Waals surface area (Å²) in [5.41, 5.74) is 2.65. The molecule has 0 spiro atoms. The van der Waals surface area contributed by atoms with Gasteiger partial charge in [-0.05, 0) is 35.2 Å². The lowest BCUT2D eigenvalue weighted by Gasteiger charge is -2.36. The summed E-state index contributed by atoms with van der Waals surface area (Å²) in [5, 5.41) is 2.73. The van der Waals surface area contributed by atoms with Crippen molar-refractivity contribution in [2.75, 3.05) is 50.5 Å². The molecule has 1 heterocycles. The molecular formula is C24H33N3O4S. The van der Waals surface area contributed by atoms with Crippen LogP contribution >= 0.6 is 0 Å². The van der Waals surface area contributed by atoms with Crippen LogP contribution in [-0.2, 0) is 15.4 Å². The van der Waals surface area contributed by atoms with E-state index in [4.69, 9.17) is 4.74 Å². The lowest BCUT2D eigenvalue weighted by molar-refractivity contribution is 0.0956. The number of rotatable bonds is 7. The van der Waals surface area contributed by atoms with Crippen LogP contribution < -0.4 is 15.0 Å². The van der Waals surface area contributed by atoms with Crippen LogP contribution in [0, 0.1) is 0 Å². The van der Waals surface area contributed by atoms with Crippen molar-refractivity contribution in [1.82, 2.24) is 9.62 Å². The molecule has 0 bridgehead atoms. The van der Waals surface area contributed by atoms with E-state index in [9.17, 15) is 13.2 Å². The number of hydrogen-bond acceptors (Lipinski definition) is 5. The quantitative estimate of drug-likeness (QED) is 0.689. The average molecular weight is 460 g/mol. The van der Waals surface area contributed by atoms with Crippen LogP contribution in [0.25, 0.3) is 0 Å². The number of hydrogen-bond donors (Lipinski definition) is 1. The summed E-state index contributed by atoms with van der Waals surface area (Å²) in [4.78, 5) is 14.5. The number of para-hydroxylation sites is 2. The van der Waals surface area contributed by atoms with Gasteiger partial charge in [-0.25, -0.2) is 8.42 Å². The fraction of sp³-hybridized carbons (Fsp3) is 0.458. The number of nitrogens with zero attached hydrogens (tertiary/aromatic N) is 2. The second-order valence-electron chi connectivity index (χ2n) is 8.96. The van der Waals surface area contributed by atoms with E-state index in [1.54, 1.807) is 19.2 Å². The van der Waals surface area contributed by atoms with Crippen LogP contribution in [0.3, 0.4) is 0 Å². The number of methoxy groups -OCH3 is 1. The second-order valence-corrected chi connectivity index (χ2v) is 11.0. The minimum absolute atomic E-state index is 0.0126. The first-order valence-electron chi connectivity index (χ1n) is 10.9. The molecule has 7 nitrogen and oxygen atoms in total. The third-order valence-corrected chi connectivity index (χ3v) is 7.59. The van der Waals surface area contributed by atoms with Gasteiger partial charge in [0.2, 0.25) is 10.0 Å². The van der Waals surface area contributed by atoms with Gasteiger partial charge in [-0.2, -0.15) is 4.31 Å². The Bertz CT molecular complexity index is 1020. The Morgan fingerprint density at radius 2 is 1.62 bits per heavy atom. The fourth-order valence-corrected chi connectivity index (χ4v) is 5.08. The van der Waals surface area contributed by atoms with Gasteiger partial charge in [0.15, 0.2) is 0 Å². The summed E-state index contributed by atoms with van der Waals surface area (Å²) >= 11 is 0. The van der Waals surface area contributed by atoms with E-state index in [1.165, 1.54) is 4.31 Å². The van der Waals surface area contributed by atoms with Crippen molar-refractivity contribution < 1.29 is 17.9 Å². The van der Waals surface area contributed by atoms with Crippen molar-refractivity contribution in [2.24, 2.45) is 0 Å². The lowest BCUT2D eigenvalue weighted by Crippen LogP contribution is -2.50. The lowest BCUT2D eigenvalue weighted by atomic mass is 9.87. The van der Waals surface area contributed by atoms with Gasteiger partial charge in [0.1, 0.15) is 5.75 Å². The number of amides is 1. The van der Waals surface area contributed by atoms with Crippen LogP contribution in [0.15, 0.2) is 48.5 Å². The third-order valence-electron chi connectivity index (χ3n) is 5.72. The maximum atomic E-state index is 12.8. The Balaban J connectivity index is 1.50. The third kappa shape index (κ3) is 5.81. The molecule has 0 unspecified atom stereocenters. The smallest absolute Gasteiger partial charge is 0.251 e. The first kappa shape index (κ1) is 24.1. The molecule has 0 aromatic heterocycles. The van der Waals surface area contributed by atoms with E-state index in [1.807, 2.05) is 36.4 Å². The first-order valence-corrected chi connectivity index (χ1v) is 12.5. The van der Waals surface area contributed by atoms with Gasteiger partial charge in [-0.15, -0.1) is 0 Å². The van der Waals surface area contributed by atoms with Gasteiger partial charge in [-0.3, -0.25) is 4.79 Å². The first-order chi connectivity index (χ1) is 15.1. The SMILES string of the molecule is COc1ccccc1N1CCN(S(=O)(=O)CCNC(=O)c2ccc(C(C)(C)C)cc2)CC1. The van der Waals surface area contributed by atoms with E-state index in [-0.39, 0.29) is 23.6 Å². The molecule has 1 aliphatic rings. The predicted octanol–water partition coefficient (Wildman–Crippen LogP) is 2.87. The van der Waals surface area contributed by atoms with Crippen molar-refractivity contribution >= 4 is 21.6 Å². The van der Waals surface area contributed by atoms with Crippen molar-refractivity contribution in [1.29, 1.82) is 0 Å². The van der Waals surface area contributed by atoms with Crippen LogP contribution in [0.4, 0.5) is 5.69 Å². The Morgan fingerprint density at radius 1 is 1.00 bits per heavy atom. The zero-order valence-corrected chi connectivity index (χ0v) is 20.1. The summed E-state index contributed by atoms with van der Waals surface area (Å²) in [5.74, 6) is 0.400. The van der Waals surface area contributed by atoms with Gasteiger partial charge < -0.3 is 15.0 Å². The zero-order chi connectivity index (χ0) is 23.4. The molecule has 32 heavy (non-hydrogen) atoms. The highest BCUT2D eigenvalue weighted by Crippen LogP contribution is 2.28. The number of sulfonamides is 1. The zero-order valence-electron chi connectivity index (χ0n) is 19.3. The standard InChI is InChI=1S/C24H33N3O4S/c1-24(2,3)20-11-9-19(10-12-20)23(28)25-13-18-32(29,30)27-16-14-26(15-17-27)21-7-5-6-8-22(21)31-4/h5-12H,13-18H2,1-4H3,(H,25,28). The van der Waals surface area contributed by atoms with Gasteiger partial charge in [0.05, 0.1) is 18.6 Å². The van der Waals surface area contributed by atoms with Crippen molar-refractivity contribution in [3.05, 3.63) is 59.7 Å². The Hall–Kier alpha value is -2.58. The van der Waals surface area contributed by atoms with Gasteiger partial charge in [0, 0.05) is 38.3 Å². The summed E-state index contributed by atoms with van der Waals surface area (Å²) < 4.78 is 32.4. The minimum Gasteiger partial charge on any atom is -0.495 e. The molecule has 1 saturated heterocycles. The number of piperazine rings is 1. The number of anilines is 1. The summed E-state index contributed by atoms with van der Waals surface area (Å²) in [7, 11) is -1.82. The monoisotopic (exact) mass is 459 g/mol. The van der Waals surface area contributed by atoms with Crippen molar-refractivity contribution in [2.45, 2.75) is 26.2 Å². The average Bonchev–Trinajstić information content (AvgIpc) is 2.78. The molecule has 1 aliphatic heterocycles. The predicted molar refractivity (Wildman–Crippen MR) is 128 cm³/mol. The molecule has 0 radical (unpaired) electrons. The van der Waals surface area contributed by atoms with Crippen LogP contribution in [0.2, 0.25) is 0 Å². The fourth-order valence-electron chi connectivity index (χ4n) is 3.74. The molecule has 2 aromatic carbocycles. The summed E-state index contributed by atoms with van der Waals surface area (Å²) in [6.45, 7) is 8.41. The maximum Gasteiger partial charge on any atom is 0.251 e. The van der Waals surface area contributed by atoms with Crippen LogP contribution in [-0.4, -0.2) is 64.2 Å². The largest absolute Gasteiger partial charge is 0.495 e. The Labute approximate surface area is 191 Å². The van der Waals surface area contributed by atoms with E-state index < -0.39 is 10.0 Å². The topological polar surface area (TPSA) is 79.0 Å². The normalized spacial score (nSPS) is 15.4. The molecule has 3 rings (SSSR count). The second kappa shape index (κ2) is 9.92. The molecule has 0 aliphatic carbocycles. The summed E-state index contributed by atoms with van der Waals surface area (Å²) in [6, 6.07) is 15.2. The Kier molecular flexibility index (Phi) is 7.46. The molecule has 0 saturated carbocycles.